The molecule has 4 heteroatoms. The Bertz CT molecular complexity index is 711. The molecule has 4 rings (SSSR count). The minimum Gasteiger partial charge on any atom is -0.272 e. The molecular formula is C15H11BN2O. The molecule has 0 saturated carbocycles. The zero-order valence-electron chi connectivity index (χ0n) is 10.3. The predicted octanol–water partition coefficient (Wildman–Crippen LogP) is 1.47. The van der Waals surface area contributed by atoms with Gasteiger partial charge in [0, 0.05) is 5.56 Å². The lowest BCUT2D eigenvalue weighted by atomic mass is 9.48. The summed E-state index contributed by atoms with van der Waals surface area (Å²) in [4.78, 5) is 14.1. The second kappa shape index (κ2) is 3.82. The van der Waals surface area contributed by atoms with Gasteiger partial charge in [0.1, 0.15) is 0 Å². The van der Waals surface area contributed by atoms with Crippen molar-refractivity contribution in [3.05, 3.63) is 65.2 Å². The van der Waals surface area contributed by atoms with Gasteiger partial charge in [0.2, 0.25) is 0 Å². The van der Waals surface area contributed by atoms with Crippen LogP contribution >= 0.6 is 0 Å². The van der Waals surface area contributed by atoms with Crippen LogP contribution in [0.1, 0.15) is 21.5 Å². The summed E-state index contributed by atoms with van der Waals surface area (Å²) in [6, 6.07) is 15.9. The summed E-state index contributed by atoms with van der Waals surface area (Å²) in [5, 5.41) is 4.33. The number of hydrazone groups is 1. The van der Waals surface area contributed by atoms with E-state index in [4.69, 9.17) is 0 Å². The van der Waals surface area contributed by atoms with Gasteiger partial charge in [0.25, 0.3) is 5.91 Å². The van der Waals surface area contributed by atoms with Crippen molar-refractivity contribution >= 4 is 24.4 Å². The van der Waals surface area contributed by atoms with Crippen molar-refractivity contribution in [1.82, 2.24) is 4.92 Å². The van der Waals surface area contributed by atoms with E-state index in [1.807, 2.05) is 42.5 Å². The fraction of sp³-hybridized carbons (Fsp3) is 0.0667. The second-order valence-electron chi connectivity index (χ2n) is 4.90. The molecule has 19 heavy (non-hydrogen) atoms. The van der Waals surface area contributed by atoms with Gasteiger partial charge in [-0.25, -0.2) is 0 Å². The summed E-state index contributed by atoms with van der Waals surface area (Å²) in [7, 11) is 0. The molecule has 0 fully saturated rings. The van der Waals surface area contributed by atoms with Crippen LogP contribution < -0.4 is 5.46 Å². The van der Waals surface area contributed by atoms with Crippen LogP contribution in [0.25, 0.3) is 0 Å². The van der Waals surface area contributed by atoms with E-state index in [2.05, 4.69) is 11.2 Å². The highest BCUT2D eigenvalue weighted by Crippen LogP contribution is 2.23. The van der Waals surface area contributed by atoms with Crippen LogP contribution in [0.4, 0.5) is 0 Å². The molecule has 2 aromatic carbocycles. The third-order valence-electron chi connectivity index (χ3n) is 3.84. The van der Waals surface area contributed by atoms with Crippen molar-refractivity contribution in [3.8, 4) is 0 Å². The van der Waals surface area contributed by atoms with Gasteiger partial charge in [0.15, 0.2) is 0 Å². The Kier molecular flexibility index (Phi) is 2.12. The zero-order valence-corrected chi connectivity index (χ0v) is 10.3. The van der Waals surface area contributed by atoms with Gasteiger partial charge in [-0.2, -0.15) is 5.10 Å². The Morgan fingerprint density at radius 3 is 2.79 bits per heavy atom. The van der Waals surface area contributed by atoms with Gasteiger partial charge in [-0.1, -0.05) is 42.5 Å². The highest BCUT2D eigenvalue weighted by Gasteiger charge is 2.39. The van der Waals surface area contributed by atoms with Crippen LogP contribution in [-0.4, -0.2) is 23.9 Å². The summed E-state index contributed by atoms with van der Waals surface area (Å²) < 4.78 is 0. The molecule has 2 aliphatic heterocycles. The lowest BCUT2D eigenvalue weighted by Crippen LogP contribution is -2.56. The first-order valence-electron chi connectivity index (χ1n) is 6.39. The van der Waals surface area contributed by atoms with Gasteiger partial charge < -0.3 is 0 Å². The number of benzene rings is 2. The average molecular weight is 246 g/mol. The van der Waals surface area contributed by atoms with E-state index < -0.39 is 0 Å². The zero-order chi connectivity index (χ0) is 12.8. The summed E-state index contributed by atoms with van der Waals surface area (Å²) in [5.74, 6) is -0.00222. The number of carbonyl (C=O) groups is 1. The number of carbonyl (C=O) groups excluding carboxylic acids is 1. The molecule has 0 N–H and O–H groups in total. The van der Waals surface area contributed by atoms with Crippen LogP contribution in [0.15, 0.2) is 53.6 Å². The lowest BCUT2D eigenvalue weighted by Gasteiger charge is -2.33. The first-order chi connectivity index (χ1) is 9.34. The molecule has 0 spiro atoms. The van der Waals surface area contributed by atoms with Gasteiger partial charge >= 0.3 is 6.85 Å². The summed E-state index contributed by atoms with van der Waals surface area (Å²) in [6.07, 6.45) is 2.61. The van der Waals surface area contributed by atoms with E-state index in [-0.39, 0.29) is 12.8 Å². The molecule has 3 nitrogen and oxygen atoms in total. The van der Waals surface area contributed by atoms with Crippen molar-refractivity contribution < 1.29 is 4.79 Å². The number of fused-ring (bicyclic) bond motifs is 4. The Balaban J connectivity index is 1.89. The molecule has 2 aliphatic rings. The Labute approximate surface area is 111 Å². The molecule has 1 amide bonds. The number of nitrogens with zero attached hydrogens (tertiary/aromatic N) is 2. The van der Waals surface area contributed by atoms with Crippen LogP contribution in [-0.2, 0) is 6.32 Å². The Morgan fingerprint density at radius 2 is 1.84 bits per heavy atom. The van der Waals surface area contributed by atoms with Crippen molar-refractivity contribution in [1.29, 1.82) is 0 Å². The minimum atomic E-state index is -0.00222. The van der Waals surface area contributed by atoms with E-state index in [9.17, 15) is 4.79 Å². The van der Waals surface area contributed by atoms with Crippen molar-refractivity contribution in [2.75, 3.05) is 0 Å². The maximum absolute atomic E-state index is 12.5. The monoisotopic (exact) mass is 246 g/mol. The predicted molar refractivity (Wildman–Crippen MR) is 75.7 cm³/mol. The molecule has 0 aromatic heterocycles. The highest BCUT2D eigenvalue weighted by molar-refractivity contribution is 6.74. The van der Waals surface area contributed by atoms with E-state index in [1.54, 1.807) is 11.1 Å². The van der Waals surface area contributed by atoms with Crippen molar-refractivity contribution in [2.45, 2.75) is 6.32 Å². The molecule has 0 unspecified atom stereocenters. The Hall–Kier alpha value is -2.36. The molecule has 2 heterocycles. The summed E-state index contributed by atoms with van der Waals surface area (Å²) in [5.41, 5.74) is 4.17. The molecular weight excluding hydrogens is 235 g/mol. The average Bonchev–Trinajstić information content (AvgIpc) is 2.47. The maximum atomic E-state index is 12.5. The molecule has 2 aromatic rings. The van der Waals surface area contributed by atoms with Crippen molar-refractivity contribution in [3.63, 3.8) is 0 Å². The van der Waals surface area contributed by atoms with E-state index in [0.717, 1.165) is 23.0 Å². The number of hydrogen-bond donors (Lipinski definition) is 0. The molecule has 0 atom stereocenters. The van der Waals surface area contributed by atoms with E-state index in [0.29, 0.717) is 0 Å². The van der Waals surface area contributed by atoms with E-state index in [1.165, 1.54) is 5.46 Å². The number of amides is 1. The fourth-order valence-corrected chi connectivity index (χ4v) is 2.90. The number of rotatable bonds is 0. The minimum absolute atomic E-state index is 0.00222. The van der Waals surface area contributed by atoms with Crippen LogP contribution in [0.5, 0.6) is 0 Å². The van der Waals surface area contributed by atoms with Crippen LogP contribution in [0, 0.1) is 0 Å². The third-order valence-corrected chi connectivity index (χ3v) is 3.84. The quantitative estimate of drug-likeness (QED) is 0.648. The summed E-state index contributed by atoms with van der Waals surface area (Å²) >= 11 is 0. The standard InChI is InChI=1S/C15H11BN2O/c19-15-13-7-3-1-5-11(13)9-16-14-8-4-2-6-12(14)10-17-18(15)16/h1-8,10H,9H2. The molecule has 0 radical (unpaired) electrons. The molecule has 90 valence electrons. The SMILES string of the molecule is O=C1c2ccccc2CB2c3ccccc3C=NN21. The molecule has 0 bridgehead atoms. The fourth-order valence-electron chi connectivity index (χ4n) is 2.90. The summed E-state index contributed by atoms with van der Waals surface area (Å²) in [6.45, 7) is 0.0311. The van der Waals surface area contributed by atoms with Gasteiger partial charge in [-0.3, -0.25) is 9.71 Å². The normalized spacial score (nSPS) is 15.9. The molecule has 0 aliphatic carbocycles. The molecule has 0 saturated heterocycles. The van der Waals surface area contributed by atoms with E-state index >= 15 is 0 Å². The third kappa shape index (κ3) is 1.46. The van der Waals surface area contributed by atoms with Gasteiger partial charge in [0.05, 0.1) is 6.21 Å². The maximum Gasteiger partial charge on any atom is 0.326 e. The largest absolute Gasteiger partial charge is 0.326 e. The smallest absolute Gasteiger partial charge is 0.272 e. The Morgan fingerprint density at radius 1 is 1.05 bits per heavy atom. The van der Waals surface area contributed by atoms with Crippen LogP contribution in [0.2, 0.25) is 0 Å². The lowest BCUT2D eigenvalue weighted by molar-refractivity contribution is 0.0852. The first kappa shape index (κ1) is 10.6. The first-order valence-corrected chi connectivity index (χ1v) is 6.39. The van der Waals surface area contributed by atoms with Crippen molar-refractivity contribution in [2.24, 2.45) is 5.10 Å². The topological polar surface area (TPSA) is 32.7 Å². The second-order valence-corrected chi connectivity index (χ2v) is 4.90. The number of hydrogen-bond acceptors (Lipinski definition) is 2. The van der Waals surface area contributed by atoms with Gasteiger partial charge in [-0.05, 0) is 29.0 Å². The van der Waals surface area contributed by atoms with Crippen LogP contribution in [0.3, 0.4) is 0 Å². The highest BCUT2D eigenvalue weighted by atomic mass is 16.2. The van der Waals surface area contributed by atoms with Gasteiger partial charge in [-0.15, -0.1) is 0 Å².